The molecule has 0 spiro atoms. The van der Waals surface area contributed by atoms with Gasteiger partial charge < -0.3 is 10.1 Å². The highest BCUT2D eigenvalue weighted by atomic mass is 79.9. The van der Waals surface area contributed by atoms with Crippen molar-refractivity contribution in [2.24, 2.45) is 5.10 Å². The SMILES string of the molecule is Cc1ccccc1NC(=O)COc1ccc(C=Nn2c(C3CCCCC3)nc3ccccc3c2=O)cc1Br. The first kappa shape index (κ1) is 25.9. The van der Waals surface area contributed by atoms with E-state index in [0.29, 0.717) is 21.1 Å². The largest absolute Gasteiger partial charge is 0.483 e. The predicted molar refractivity (Wildman–Crippen MR) is 154 cm³/mol. The molecule has 38 heavy (non-hydrogen) atoms. The lowest BCUT2D eigenvalue weighted by molar-refractivity contribution is -0.118. The van der Waals surface area contributed by atoms with Gasteiger partial charge in [-0.3, -0.25) is 9.59 Å². The molecule has 1 heterocycles. The Labute approximate surface area is 229 Å². The molecule has 3 aromatic carbocycles. The molecule has 0 aliphatic heterocycles. The Balaban J connectivity index is 1.34. The summed E-state index contributed by atoms with van der Waals surface area (Å²) < 4.78 is 7.87. The number of benzene rings is 3. The number of aryl methyl sites for hydroxylation is 1. The van der Waals surface area contributed by atoms with Crippen LogP contribution in [0.3, 0.4) is 0 Å². The second kappa shape index (κ2) is 11.7. The Morgan fingerprint density at radius 2 is 1.87 bits per heavy atom. The molecule has 1 fully saturated rings. The monoisotopic (exact) mass is 572 g/mol. The van der Waals surface area contributed by atoms with E-state index in [1.807, 2.05) is 61.5 Å². The average Bonchev–Trinajstić information content (AvgIpc) is 2.94. The zero-order chi connectivity index (χ0) is 26.5. The summed E-state index contributed by atoms with van der Waals surface area (Å²) in [4.78, 5) is 30.6. The van der Waals surface area contributed by atoms with Crippen LogP contribution in [0.4, 0.5) is 5.69 Å². The van der Waals surface area contributed by atoms with Crippen molar-refractivity contribution < 1.29 is 9.53 Å². The molecule has 1 N–H and O–H groups in total. The molecule has 5 rings (SSSR count). The molecule has 0 saturated heterocycles. The number of carbonyl (C=O) groups is 1. The van der Waals surface area contributed by atoms with Gasteiger partial charge in [-0.25, -0.2) is 4.98 Å². The van der Waals surface area contributed by atoms with Gasteiger partial charge in [-0.1, -0.05) is 49.6 Å². The second-order valence-electron chi connectivity index (χ2n) is 9.53. The van der Waals surface area contributed by atoms with Gasteiger partial charge in [-0.2, -0.15) is 9.78 Å². The summed E-state index contributed by atoms with van der Waals surface area (Å²) in [7, 11) is 0. The second-order valence-corrected chi connectivity index (χ2v) is 10.4. The molecule has 1 amide bonds. The Kier molecular flexibility index (Phi) is 7.98. The standard InChI is InChI=1S/C30H29BrN4O3/c1-20-9-5-7-13-25(20)33-28(36)19-38-27-16-15-21(17-24(27)31)18-32-35-29(22-10-3-2-4-11-22)34-26-14-8-6-12-23(26)30(35)37/h5-9,12-18,22H,2-4,10-11,19H2,1H3,(H,33,36). The Hall–Kier alpha value is -3.78. The van der Waals surface area contributed by atoms with Crippen LogP contribution in [-0.2, 0) is 4.79 Å². The molecule has 0 bridgehead atoms. The third-order valence-electron chi connectivity index (χ3n) is 6.81. The lowest BCUT2D eigenvalue weighted by Gasteiger charge is -2.22. The molecule has 1 aromatic heterocycles. The quantitative estimate of drug-likeness (QED) is 0.259. The van der Waals surface area contributed by atoms with Crippen LogP contribution in [0.5, 0.6) is 5.75 Å². The zero-order valence-electron chi connectivity index (χ0n) is 21.2. The number of anilines is 1. The van der Waals surface area contributed by atoms with Crippen LogP contribution in [0.25, 0.3) is 10.9 Å². The van der Waals surface area contributed by atoms with E-state index < -0.39 is 0 Å². The third-order valence-corrected chi connectivity index (χ3v) is 7.42. The number of nitrogens with zero attached hydrogens (tertiary/aromatic N) is 3. The summed E-state index contributed by atoms with van der Waals surface area (Å²) in [6.45, 7) is 1.82. The maximum Gasteiger partial charge on any atom is 0.282 e. The molecule has 4 aromatic rings. The molecule has 8 heteroatoms. The van der Waals surface area contributed by atoms with Gasteiger partial charge in [-0.05, 0) is 83.2 Å². The zero-order valence-corrected chi connectivity index (χ0v) is 22.8. The summed E-state index contributed by atoms with van der Waals surface area (Å²) in [6.07, 6.45) is 7.16. The van der Waals surface area contributed by atoms with E-state index in [2.05, 4.69) is 26.3 Å². The lowest BCUT2D eigenvalue weighted by atomic mass is 9.88. The van der Waals surface area contributed by atoms with Crippen LogP contribution < -0.4 is 15.6 Å². The molecule has 0 radical (unpaired) electrons. The number of rotatable bonds is 7. The molecule has 1 aliphatic rings. The van der Waals surface area contributed by atoms with Crippen molar-refractivity contribution in [3.8, 4) is 5.75 Å². The normalized spacial score (nSPS) is 14.2. The summed E-state index contributed by atoms with van der Waals surface area (Å²) in [6, 6.07) is 20.5. The number of hydrogen-bond donors (Lipinski definition) is 1. The fourth-order valence-electron chi connectivity index (χ4n) is 4.76. The van der Waals surface area contributed by atoms with Crippen molar-refractivity contribution in [1.82, 2.24) is 9.66 Å². The van der Waals surface area contributed by atoms with Crippen LogP contribution in [0.1, 0.15) is 55.0 Å². The number of aromatic nitrogens is 2. The first-order valence-electron chi connectivity index (χ1n) is 12.8. The van der Waals surface area contributed by atoms with Gasteiger partial charge in [0, 0.05) is 11.6 Å². The highest BCUT2D eigenvalue weighted by Crippen LogP contribution is 2.32. The molecule has 0 atom stereocenters. The summed E-state index contributed by atoms with van der Waals surface area (Å²) in [5.74, 6) is 1.24. The van der Waals surface area contributed by atoms with Crippen LogP contribution in [0.15, 0.2) is 81.1 Å². The number of ether oxygens (including phenoxy) is 1. The Bertz CT molecular complexity index is 1560. The van der Waals surface area contributed by atoms with Crippen LogP contribution in [0.2, 0.25) is 0 Å². The van der Waals surface area contributed by atoms with Crippen molar-refractivity contribution in [3.05, 3.63) is 98.5 Å². The molecule has 194 valence electrons. The van der Waals surface area contributed by atoms with Crippen molar-refractivity contribution in [2.45, 2.75) is 44.9 Å². The van der Waals surface area contributed by atoms with Crippen LogP contribution >= 0.6 is 15.9 Å². The minimum Gasteiger partial charge on any atom is -0.483 e. The van der Waals surface area contributed by atoms with E-state index in [1.165, 1.54) is 11.1 Å². The van der Waals surface area contributed by atoms with E-state index in [4.69, 9.17) is 9.72 Å². The van der Waals surface area contributed by atoms with E-state index in [1.54, 1.807) is 18.3 Å². The molecular weight excluding hydrogens is 544 g/mol. The van der Waals surface area contributed by atoms with Crippen LogP contribution in [-0.4, -0.2) is 28.4 Å². The van der Waals surface area contributed by atoms with Gasteiger partial charge >= 0.3 is 0 Å². The molecule has 1 saturated carbocycles. The molecule has 0 unspecified atom stereocenters. The first-order chi connectivity index (χ1) is 18.5. The minimum atomic E-state index is -0.240. The average molecular weight is 573 g/mol. The van der Waals surface area contributed by atoms with E-state index in [9.17, 15) is 9.59 Å². The van der Waals surface area contributed by atoms with E-state index in [-0.39, 0.29) is 24.0 Å². The summed E-state index contributed by atoms with van der Waals surface area (Å²) >= 11 is 3.53. The first-order valence-corrected chi connectivity index (χ1v) is 13.6. The fraction of sp³-hybridized carbons (Fsp3) is 0.267. The number of carbonyl (C=O) groups excluding carboxylic acids is 1. The Morgan fingerprint density at radius 1 is 1.11 bits per heavy atom. The maximum absolute atomic E-state index is 13.4. The Morgan fingerprint density at radius 3 is 2.66 bits per heavy atom. The van der Waals surface area contributed by atoms with Gasteiger partial charge in [-0.15, -0.1) is 0 Å². The highest BCUT2D eigenvalue weighted by Gasteiger charge is 2.22. The van der Waals surface area contributed by atoms with Gasteiger partial charge in [0.1, 0.15) is 11.6 Å². The molecule has 1 aliphatic carbocycles. The number of fused-ring (bicyclic) bond motifs is 1. The number of nitrogens with one attached hydrogen (secondary N) is 1. The summed E-state index contributed by atoms with van der Waals surface area (Å²) in [5, 5.41) is 8.01. The number of para-hydroxylation sites is 2. The molecular formula is C30H29BrN4O3. The van der Waals surface area contributed by atoms with Gasteiger partial charge in [0.05, 0.1) is 21.6 Å². The topological polar surface area (TPSA) is 85.6 Å². The van der Waals surface area contributed by atoms with E-state index >= 15 is 0 Å². The number of halogens is 1. The van der Waals surface area contributed by atoms with Gasteiger partial charge in [0.25, 0.3) is 11.5 Å². The number of amides is 1. The molecule has 7 nitrogen and oxygen atoms in total. The van der Waals surface area contributed by atoms with Crippen molar-refractivity contribution in [3.63, 3.8) is 0 Å². The van der Waals surface area contributed by atoms with Gasteiger partial charge in [0.2, 0.25) is 0 Å². The summed E-state index contributed by atoms with van der Waals surface area (Å²) in [5.41, 5.74) is 3.07. The fourth-order valence-corrected chi connectivity index (χ4v) is 5.27. The highest BCUT2D eigenvalue weighted by molar-refractivity contribution is 9.10. The van der Waals surface area contributed by atoms with Crippen molar-refractivity contribution >= 4 is 44.6 Å². The smallest absolute Gasteiger partial charge is 0.282 e. The van der Waals surface area contributed by atoms with E-state index in [0.717, 1.165) is 48.3 Å². The van der Waals surface area contributed by atoms with Crippen LogP contribution in [0, 0.1) is 6.92 Å². The number of hydrogen-bond acceptors (Lipinski definition) is 5. The predicted octanol–water partition coefficient (Wildman–Crippen LogP) is 6.41. The lowest BCUT2D eigenvalue weighted by Crippen LogP contribution is -2.25. The maximum atomic E-state index is 13.4. The van der Waals surface area contributed by atoms with Gasteiger partial charge in [0.15, 0.2) is 6.61 Å². The minimum absolute atomic E-state index is 0.122. The third kappa shape index (κ3) is 5.86. The van der Waals surface area contributed by atoms with Crippen molar-refractivity contribution in [1.29, 1.82) is 0 Å². The van der Waals surface area contributed by atoms with Crippen molar-refractivity contribution in [2.75, 3.05) is 11.9 Å².